The van der Waals surface area contributed by atoms with Crippen molar-refractivity contribution in [3.8, 4) is 0 Å². The van der Waals surface area contributed by atoms with Gasteiger partial charge in [-0.05, 0) is 50.9 Å². The van der Waals surface area contributed by atoms with Crippen molar-refractivity contribution in [3.05, 3.63) is 5.82 Å². The number of rotatable bonds is 4. The average molecular weight is 373 g/mol. The molecule has 3 atom stereocenters. The summed E-state index contributed by atoms with van der Waals surface area (Å²) >= 11 is 0. The lowest BCUT2D eigenvalue weighted by atomic mass is 9.93. The first-order chi connectivity index (χ1) is 13.2. The Hall–Kier alpha value is -1.63. The van der Waals surface area contributed by atoms with Crippen molar-refractivity contribution < 1.29 is 4.79 Å². The van der Waals surface area contributed by atoms with Crippen molar-refractivity contribution >= 4 is 11.9 Å². The molecule has 2 aliphatic heterocycles. The molecule has 0 radical (unpaired) electrons. The Morgan fingerprint density at radius 2 is 1.78 bits per heavy atom. The molecule has 5 rings (SSSR count). The number of hydrogen-bond acceptors (Lipinski definition) is 5. The van der Waals surface area contributed by atoms with Crippen LogP contribution in [-0.4, -0.2) is 75.8 Å². The van der Waals surface area contributed by atoms with Crippen LogP contribution in [0.25, 0.3) is 0 Å². The second-order valence-electron chi connectivity index (χ2n) is 8.83. The normalized spacial score (nSPS) is 31.2. The highest BCUT2D eigenvalue weighted by Gasteiger charge is 2.43. The Balaban J connectivity index is 1.26. The summed E-state index contributed by atoms with van der Waals surface area (Å²) in [5.41, 5.74) is 0. The number of carbonyl (C=O) groups excluding carboxylic acids is 1. The van der Waals surface area contributed by atoms with E-state index in [0.717, 1.165) is 82.5 Å². The zero-order valence-electron chi connectivity index (χ0n) is 16.5. The number of nitrogens with zero attached hydrogens (tertiary/aromatic N) is 6. The second-order valence-corrected chi connectivity index (χ2v) is 8.83. The number of aromatic nitrogens is 3. The van der Waals surface area contributed by atoms with E-state index in [1.807, 2.05) is 9.47 Å². The van der Waals surface area contributed by atoms with Gasteiger partial charge in [0.25, 0.3) is 5.91 Å². The summed E-state index contributed by atoms with van der Waals surface area (Å²) in [5, 5.41) is 8.74. The minimum Gasteiger partial charge on any atom is -0.338 e. The summed E-state index contributed by atoms with van der Waals surface area (Å²) in [4.78, 5) is 19.8. The van der Waals surface area contributed by atoms with Gasteiger partial charge >= 0.3 is 0 Å². The van der Waals surface area contributed by atoms with Gasteiger partial charge in [-0.25, -0.2) is 0 Å². The highest BCUT2D eigenvalue weighted by molar-refractivity contribution is 5.91. The zero-order valence-corrected chi connectivity index (χ0v) is 16.5. The van der Waals surface area contributed by atoms with E-state index in [4.69, 9.17) is 0 Å². The van der Waals surface area contributed by atoms with E-state index in [0.29, 0.717) is 5.82 Å². The third kappa shape index (κ3) is 3.04. The molecule has 2 bridgehead atoms. The van der Waals surface area contributed by atoms with Gasteiger partial charge in [0.05, 0.1) is 0 Å². The van der Waals surface area contributed by atoms with E-state index < -0.39 is 0 Å². The minimum atomic E-state index is 0.0497. The molecule has 4 fully saturated rings. The molecule has 1 aromatic heterocycles. The molecular weight excluding hydrogens is 340 g/mol. The van der Waals surface area contributed by atoms with Crippen LogP contribution >= 0.6 is 0 Å². The van der Waals surface area contributed by atoms with Gasteiger partial charge in [-0.2, -0.15) is 0 Å². The Morgan fingerprint density at radius 1 is 1.00 bits per heavy atom. The minimum absolute atomic E-state index is 0.0497. The lowest BCUT2D eigenvalue weighted by Crippen LogP contribution is -2.52. The van der Waals surface area contributed by atoms with Crippen LogP contribution in [0, 0.1) is 11.8 Å². The van der Waals surface area contributed by atoms with Crippen LogP contribution in [0.4, 0.5) is 5.95 Å². The molecule has 0 spiro atoms. The largest absolute Gasteiger partial charge is 0.338 e. The lowest BCUT2D eigenvalue weighted by Gasteiger charge is -2.41. The Morgan fingerprint density at radius 3 is 2.41 bits per heavy atom. The molecular formula is C20H32N6O. The van der Waals surface area contributed by atoms with Crippen molar-refractivity contribution in [2.75, 3.05) is 44.2 Å². The molecule has 1 amide bonds. The summed E-state index contributed by atoms with van der Waals surface area (Å²) in [6.07, 6.45) is 8.01. The fraction of sp³-hybridized carbons (Fsp3) is 0.850. The smallest absolute Gasteiger partial charge is 0.291 e. The first kappa shape index (κ1) is 17.5. The van der Waals surface area contributed by atoms with Crippen LogP contribution in [0.1, 0.15) is 56.1 Å². The van der Waals surface area contributed by atoms with Crippen molar-refractivity contribution in [3.63, 3.8) is 0 Å². The molecule has 0 N–H and O–H groups in total. The molecule has 7 nitrogen and oxygen atoms in total. The molecule has 148 valence electrons. The van der Waals surface area contributed by atoms with Crippen LogP contribution in [0.3, 0.4) is 0 Å². The van der Waals surface area contributed by atoms with Crippen LogP contribution in [-0.2, 0) is 6.54 Å². The maximum Gasteiger partial charge on any atom is 0.291 e. The predicted molar refractivity (Wildman–Crippen MR) is 104 cm³/mol. The Bertz CT molecular complexity index is 689. The average Bonchev–Trinajstić information content (AvgIpc) is 3.51. The number of amides is 1. The van der Waals surface area contributed by atoms with Gasteiger partial charge in [-0.1, -0.05) is 6.42 Å². The third-order valence-electron chi connectivity index (χ3n) is 7.40. The monoisotopic (exact) mass is 372 g/mol. The fourth-order valence-corrected chi connectivity index (χ4v) is 5.95. The number of hydrogen-bond donors (Lipinski definition) is 0. The van der Waals surface area contributed by atoms with E-state index in [1.165, 1.54) is 25.7 Å². The maximum absolute atomic E-state index is 12.8. The molecule has 7 heteroatoms. The van der Waals surface area contributed by atoms with Crippen molar-refractivity contribution in [1.82, 2.24) is 24.6 Å². The van der Waals surface area contributed by atoms with Crippen LogP contribution in [0.5, 0.6) is 0 Å². The Labute approximate surface area is 161 Å². The van der Waals surface area contributed by atoms with Gasteiger partial charge in [0, 0.05) is 51.9 Å². The van der Waals surface area contributed by atoms with Gasteiger partial charge in [0.2, 0.25) is 11.8 Å². The van der Waals surface area contributed by atoms with E-state index in [9.17, 15) is 4.79 Å². The van der Waals surface area contributed by atoms with E-state index >= 15 is 0 Å². The lowest BCUT2D eigenvalue weighted by molar-refractivity contribution is 0.0775. The first-order valence-corrected chi connectivity index (χ1v) is 11.0. The predicted octanol–water partition coefficient (Wildman–Crippen LogP) is 1.84. The van der Waals surface area contributed by atoms with Crippen LogP contribution in [0.15, 0.2) is 0 Å². The molecule has 0 aromatic carbocycles. The standard InChI is InChI=1S/C20H32N6O/c1-2-26-18(19(27)24-7-3-4-8-24)21-22-20(26)25-11-9-23(10-12-25)17-14-15-5-6-16(17)13-15/h15-17H,2-14H2,1H3/t15-,16+,17-/m1/s1. The van der Waals surface area contributed by atoms with Crippen LogP contribution < -0.4 is 4.90 Å². The van der Waals surface area contributed by atoms with Gasteiger partial charge in [0.15, 0.2) is 0 Å². The molecule has 4 aliphatic rings. The van der Waals surface area contributed by atoms with Crippen molar-refractivity contribution in [1.29, 1.82) is 0 Å². The van der Waals surface area contributed by atoms with Gasteiger partial charge in [-0.15, -0.1) is 10.2 Å². The van der Waals surface area contributed by atoms with Crippen molar-refractivity contribution in [2.24, 2.45) is 11.8 Å². The second kappa shape index (κ2) is 7.08. The SMILES string of the molecule is CCn1c(C(=O)N2CCCC2)nnc1N1CCN([C@@H]2C[C@@H]3CC[C@H]2C3)CC1. The molecule has 2 saturated heterocycles. The van der Waals surface area contributed by atoms with Gasteiger partial charge in [0.1, 0.15) is 0 Å². The molecule has 0 unspecified atom stereocenters. The summed E-state index contributed by atoms with van der Waals surface area (Å²) in [6.45, 7) is 8.73. The fourth-order valence-electron chi connectivity index (χ4n) is 5.95. The number of piperazine rings is 1. The number of carbonyl (C=O) groups is 1. The Kier molecular flexibility index (Phi) is 4.58. The first-order valence-electron chi connectivity index (χ1n) is 11.0. The molecule has 2 saturated carbocycles. The van der Waals surface area contributed by atoms with E-state index in [1.54, 1.807) is 0 Å². The number of anilines is 1. The van der Waals surface area contributed by atoms with Crippen LogP contribution in [0.2, 0.25) is 0 Å². The highest BCUT2D eigenvalue weighted by atomic mass is 16.2. The summed E-state index contributed by atoms with van der Waals surface area (Å²) in [6, 6.07) is 0.822. The zero-order chi connectivity index (χ0) is 18.4. The third-order valence-corrected chi connectivity index (χ3v) is 7.40. The number of fused-ring (bicyclic) bond motifs is 2. The molecule has 27 heavy (non-hydrogen) atoms. The molecule has 2 aliphatic carbocycles. The van der Waals surface area contributed by atoms with Gasteiger partial charge in [-0.3, -0.25) is 14.3 Å². The van der Waals surface area contributed by atoms with Crippen molar-refractivity contribution in [2.45, 2.75) is 58.0 Å². The molecule has 1 aromatic rings. The van der Waals surface area contributed by atoms with Gasteiger partial charge < -0.3 is 9.80 Å². The topological polar surface area (TPSA) is 57.5 Å². The van der Waals surface area contributed by atoms with E-state index in [2.05, 4.69) is 26.9 Å². The number of likely N-dealkylation sites (tertiary alicyclic amines) is 1. The van der Waals surface area contributed by atoms with E-state index in [-0.39, 0.29) is 5.91 Å². The maximum atomic E-state index is 12.8. The molecule has 3 heterocycles. The summed E-state index contributed by atoms with van der Waals surface area (Å²) < 4.78 is 2.02. The summed E-state index contributed by atoms with van der Waals surface area (Å²) in [7, 11) is 0. The summed E-state index contributed by atoms with van der Waals surface area (Å²) in [5.74, 6) is 3.40. The quantitative estimate of drug-likeness (QED) is 0.807. The highest BCUT2D eigenvalue weighted by Crippen LogP contribution is 2.46.